The quantitative estimate of drug-likeness (QED) is 0.930. The molecule has 4 heteroatoms. The van der Waals surface area contributed by atoms with Gasteiger partial charge in [-0.25, -0.2) is 0 Å². The molecular weight excluding hydrogens is 258 g/mol. The monoisotopic (exact) mass is 275 g/mol. The molecule has 100 valence electrons. The third-order valence-corrected chi connectivity index (χ3v) is 4.24. The molecule has 0 amide bonds. The molecule has 3 rings (SSSR count). The summed E-state index contributed by atoms with van der Waals surface area (Å²) in [6, 6.07) is 8.22. The van der Waals surface area contributed by atoms with Gasteiger partial charge < -0.3 is 14.8 Å². The minimum atomic E-state index is 0.633. The van der Waals surface area contributed by atoms with E-state index in [1.807, 2.05) is 12.1 Å². The van der Waals surface area contributed by atoms with Crippen molar-refractivity contribution in [3.63, 3.8) is 0 Å². The molecule has 19 heavy (non-hydrogen) atoms. The third kappa shape index (κ3) is 2.74. The van der Waals surface area contributed by atoms with Crippen molar-refractivity contribution in [2.45, 2.75) is 20.0 Å². The smallest absolute Gasteiger partial charge is 0.165 e. The van der Waals surface area contributed by atoms with Crippen molar-refractivity contribution in [1.82, 2.24) is 5.32 Å². The highest BCUT2D eigenvalue weighted by molar-refractivity contribution is 7.10. The summed E-state index contributed by atoms with van der Waals surface area (Å²) in [5.74, 6) is 1.75. The minimum absolute atomic E-state index is 0.633. The first-order valence-corrected chi connectivity index (χ1v) is 7.34. The van der Waals surface area contributed by atoms with E-state index in [2.05, 4.69) is 29.8 Å². The van der Waals surface area contributed by atoms with E-state index in [1.54, 1.807) is 11.3 Å². The van der Waals surface area contributed by atoms with Crippen molar-refractivity contribution < 1.29 is 9.47 Å². The van der Waals surface area contributed by atoms with Gasteiger partial charge in [-0.3, -0.25) is 0 Å². The molecule has 0 radical (unpaired) electrons. The molecule has 0 atom stereocenters. The van der Waals surface area contributed by atoms with E-state index in [0.717, 1.165) is 30.2 Å². The summed E-state index contributed by atoms with van der Waals surface area (Å²) in [5.41, 5.74) is 2.51. The maximum absolute atomic E-state index is 5.70. The van der Waals surface area contributed by atoms with Crippen molar-refractivity contribution in [3.8, 4) is 11.5 Å². The zero-order valence-electron chi connectivity index (χ0n) is 10.9. The number of benzene rings is 1. The van der Waals surface area contributed by atoms with E-state index in [1.165, 1.54) is 10.4 Å². The zero-order chi connectivity index (χ0) is 13.1. The van der Waals surface area contributed by atoms with Gasteiger partial charge in [0.2, 0.25) is 0 Å². The van der Waals surface area contributed by atoms with Gasteiger partial charge in [-0.2, -0.15) is 0 Å². The fourth-order valence-electron chi connectivity index (χ4n) is 2.17. The Labute approximate surface area is 117 Å². The van der Waals surface area contributed by atoms with Crippen LogP contribution in [0.4, 0.5) is 0 Å². The van der Waals surface area contributed by atoms with Crippen molar-refractivity contribution >= 4 is 11.3 Å². The van der Waals surface area contributed by atoms with Crippen LogP contribution in [0.3, 0.4) is 0 Å². The van der Waals surface area contributed by atoms with Crippen molar-refractivity contribution in [2.75, 3.05) is 13.2 Å². The van der Waals surface area contributed by atoms with Crippen LogP contribution in [0, 0.1) is 6.92 Å². The molecule has 0 saturated heterocycles. The standard InChI is InChI=1S/C15H17NO2S/c1-11-5-8-19-14(11)10-16-9-12-3-2-4-13-15(12)18-7-6-17-13/h2-5,8,16H,6-7,9-10H2,1H3. The van der Waals surface area contributed by atoms with Gasteiger partial charge in [0.1, 0.15) is 13.2 Å². The minimum Gasteiger partial charge on any atom is -0.486 e. The summed E-state index contributed by atoms with van der Waals surface area (Å²) in [5, 5.41) is 5.60. The van der Waals surface area contributed by atoms with E-state index in [0.29, 0.717) is 13.2 Å². The van der Waals surface area contributed by atoms with E-state index in [-0.39, 0.29) is 0 Å². The summed E-state index contributed by atoms with van der Waals surface area (Å²) in [4.78, 5) is 1.39. The molecule has 1 aliphatic rings. The molecule has 1 aromatic heterocycles. The lowest BCUT2D eigenvalue weighted by Crippen LogP contribution is -2.19. The average Bonchev–Trinajstić information content (AvgIpc) is 2.85. The van der Waals surface area contributed by atoms with Crippen molar-refractivity contribution in [3.05, 3.63) is 45.6 Å². The van der Waals surface area contributed by atoms with Crippen LogP contribution < -0.4 is 14.8 Å². The zero-order valence-corrected chi connectivity index (χ0v) is 11.8. The number of fused-ring (bicyclic) bond motifs is 1. The number of aryl methyl sites for hydroxylation is 1. The molecule has 0 bridgehead atoms. The summed E-state index contributed by atoms with van der Waals surface area (Å²) in [6.45, 7) is 5.11. The highest BCUT2D eigenvalue weighted by Gasteiger charge is 2.15. The summed E-state index contributed by atoms with van der Waals surface area (Å²) in [7, 11) is 0. The van der Waals surface area contributed by atoms with Crippen LogP contribution in [0.1, 0.15) is 16.0 Å². The van der Waals surface area contributed by atoms with Gasteiger partial charge in [0.25, 0.3) is 0 Å². The number of rotatable bonds is 4. The largest absolute Gasteiger partial charge is 0.486 e. The first kappa shape index (κ1) is 12.5. The van der Waals surface area contributed by atoms with Crippen molar-refractivity contribution in [1.29, 1.82) is 0 Å². The first-order valence-electron chi connectivity index (χ1n) is 6.46. The molecule has 2 aromatic rings. The molecular formula is C15H17NO2S. The number of thiophene rings is 1. The molecule has 0 aliphatic carbocycles. The molecule has 1 aromatic carbocycles. The van der Waals surface area contributed by atoms with Gasteiger partial charge in [0, 0.05) is 23.5 Å². The molecule has 1 N–H and O–H groups in total. The number of nitrogens with one attached hydrogen (secondary N) is 1. The second-order valence-electron chi connectivity index (χ2n) is 4.57. The molecule has 0 fully saturated rings. The highest BCUT2D eigenvalue weighted by Crippen LogP contribution is 2.33. The lowest BCUT2D eigenvalue weighted by atomic mass is 10.1. The van der Waals surface area contributed by atoms with Crippen LogP contribution >= 0.6 is 11.3 Å². The fraction of sp³-hybridized carbons (Fsp3) is 0.333. The van der Waals surface area contributed by atoms with Gasteiger partial charge in [-0.05, 0) is 30.0 Å². The van der Waals surface area contributed by atoms with Gasteiger partial charge in [0.15, 0.2) is 11.5 Å². The van der Waals surface area contributed by atoms with Gasteiger partial charge in [-0.1, -0.05) is 12.1 Å². The summed E-state index contributed by atoms with van der Waals surface area (Å²) < 4.78 is 11.3. The number of para-hydroxylation sites is 1. The molecule has 0 saturated carbocycles. The van der Waals surface area contributed by atoms with E-state index in [4.69, 9.17) is 9.47 Å². The van der Waals surface area contributed by atoms with Crippen LogP contribution in [0.5, 0.6) is 11.5 Å². The SMILES string of the molecule is Cc1ccsc1CNCc1cccc2c1OCCO2. The Hall–Kier alpha value is -1.52. The predicted molar refractivity (Wildman–Crippen MR) is 77.0 cm³/mol. The number of ether oxygens (including phenoxy) is 2. The highest BCUT2D eigenvalue weighted by atomic mass is 32.1. The fourth-order valence-corrected chi connectivity index (χ4v) is 3.04. The van der Waals surface area contributed by atoms with Gasteiger partial charge in [0.05, 0.1) is 0 Å². The van der Waals surface area contributed by atoms with Gasteiger partial charge in [-0.15, -0.1) is 11.3 Å². The average molecular weight is 275 g/mol. The van der Waals surface area contributed by atoms with Crippen LogP contribution in [0.2, 0.25) is 0 Å². The third-order valence-electron chi connectivity index (χ3n) is 3.22. The van der Waals surface area contributed by atoms with E-state index < -0.39 is 0 Å². The Kier molecular flexibility index (Phi) is 3.71. The molecule has 1 aliphatic heterocycles. The lowest BCUT2D eigenvalue weighted by Gasteiger charge is -2.21. The molecule has 0 unspecified atom stereocenters. The second kappa shape index (κ2) is 5.63. The van der Waals surface area contributed by atoms with Crippen LogP contribution in [-0.2, 0) is 13.1 Å². The Balaban J connectivity index is 1.66. The Morgan fingerprint density at radius 2 is 2.05 bits per heavy atom. The number of hydrogen-bond acceptors (Lipinski definition) is 4. The lowest BCUT2D eigenvalue weighted by molar-refractivity contribution is 0.169. The maximum Gasteiger partial charge on any atom is 0.165 e. The maximum atomic E-state index is 5.70. The van der Waals surface area contributed by atoms with Crippen LogP contribution in [-0.4, -0.2) is 13.2 Å². The first-order chi connectivity index (χ1) is 9.34. The molecule has 3 nitrogen and oxygen atoms in total. The Bertz CT molecular complexity index is 565. The van der Waals surface area contributed by atoms with Crippen LogP contribution in [0.25, 0.3) is 0 Å². The topological polar surface area (TPSA) is 30.5 Å². The molecule has 2 heterocycles. The van der Waals surface area contributed by atoms with Crippen molar-refractivity contribution in [2.24, 2.45) is 0 Å². The second-order valence-corrected chi connectivity index (χ2v) is 5.57. The van der Waals surface area contributed by atoms with E-state index in [9.17, 15) is 0 Å². The Morgan fingerprint density at radius 3 is 2.89 bits per heavy atom. The summed E-state index contributed by atoms with van der Waals surface area (Å²) >= 11 is 1.80. The Morgan fingerprint density at radius 1 is 1.16 bits per heavy atom. The molecule has 0 spiro atoms. The normalized spacial score (nSPS) is 13.5. The number of hydrogen-bond donors (Lipinski definition) is 1. The predicted octanol–water partition coefficient (Wildman–Crippen LogP) is 3.12. The summed E-state index contributed by atoms with van der Waals surface area (Å²) in [6.07, 6.45) is 0. The van der Waals surface area contributed by atoms with E-state index >= 15 is 0 Å². The van der Waals surface area contributed by atoms with Crippen LogP contribution in [0.15, 0.2) is 29.6 Å². The van der Waals surface area contributed by atoms with Gasteiger partial charge >= 0.3 is 0 Å².